The van der Waals surface area contributed by atoms with Gasteiger partial charge in [-0.1, -0.05) is 24.3 Å². The molecule has 1 heterocycles. The summed E-state index contributed by atoms with van der Waals surface area (Å²) in [6, 6.07) is 6.07. The summed E-state index contributed by atoms with van der Waals surface area (Å²) in [4.78, 5) is 35.9. The number of rotatable bonds is 8. The fourth-order valence-corrected chi connectivity index (χ4v) is 4.73. The van der Waals surface area contributed by atoms with E-state index in [9.17, 15) is 14.4 Å². The van der Waals surface area contributed by atoms with Crippen LogP contribution in [0.1, 0.15) is 53.6 Å². The molecule has 1 atom stereocenters. The van der Waals surface area contributed by atoms with E-state index in [1.54, 1.807) is 6.07 Å². The van der Waals surface area contributed by atoms with Crippen LogP contribution >= 0.6 is 11.3 Å². The van der Waals surface area contributed by atoms with E-state index in [1.807, 2.05) is 37.3 Å². The van der Waals surface area contributed by atoms with Crippen molar-refractivity contribution in [3.63, 3.8) is 0 Å². The van der Waals surface area contributed by atoms with Crippen molar-refractivity contribution in [3.05, 3.63) is 47.0 Å². The summed E-state index contributed by atoms with van der Waals surface area (Å²) >= 11 is 1.22. The Morgan fingerprint density at radius 2 is 1.91 bits per heavy atom. The van der Waals surface area contributed by atoms with E-state index in [1.165, 1.54) is 11.3 Å². The molecule has 32 heavy (non-hydrogen) atoms. The number of anilines is 1. The normalized spacial score (nSPS) is 15.1. The van der Waals surface area contributed by atoms with Gasteiger partial charge >= 0.3 is 12.0 Å². The maximum Gasteiger partial charge on any atom is 0.323 e. The Labute approximate surface area is 190 Å². The van der Waals surface area contributed by atoms with Gasteiger partial charge < -0.3 is 21.9 Å². The van der Waals surface area contributed by atoms with Crippen molar-refractivity contribution >= 4 is 40.3 Å². The zero-order valence-corrected chi connectivity index (χ0v) is 18.7. The van der Waals surface area contributed by atoms with Crippen molar-refractivity contribution in [1.82, 2.24) is 0 Å². The van der Waals surface area contributed by atoms with Crippen LogP contribution in [0.4, 0.5) is 9.80 Å². The number of esters is 1. The number of ether oxygens (including phenoxy) is 1. The highest BCUT2D eigenvalue weighted by Crippen LogP contribution is 2.36. The number of hydrogen-bond donors (Lipinski definition) is 4. The van der Waals surface area contributed by atoms with E-state index in [-0.39, 0.29) is 17.6 Å². The van der Waals surface area contributed by atoms with Crippen LogP contribution < -0.4 is 22.5 Å². The molecule has 1 aliphatic rings. The molecule has 1 fully saturated rings. The summed E-state index contributed by atoms with van der Waals surface area (Å²) in [5.41, 5.74) is 19.6. The number of aryl methyl sites for hydroxylation is 1. The lowest BCUT2D eigenvalue weighted by Crippen LogP contribution is -2.33. The van der Waals surface area contributed by atoms with Crippen LogP contribution in [0, 0.1) is 6.92 Å². The highest BCUT2D eigenvalue weighted by molar-refractivity contribution is 7.20. The molecule has 2 aromatic rings. The maximum atomic E-state index is 12.1. The van der Waals surface area contributed by atoms with E-state index in [2.05, 4.69) is 5.32 Å². The molecule has 0 bridgehead atoms. The van der Waals surface area contributed by atoms with Crippen molar-refractivity contribution in [3.8, 4) is 10.4 Å². The Bertz CT molecular complexity index is 1040. The second-order valence-electron chi connectivity index (χ2n) is 7.93. The van der Waals surface area contributed by atoms with Crippen LogP contribution in [-0.4, -0.2) is 30.1 Å². The third kappa shape index (κ3) is 6.18. The van der Waals surface area contributed by atoms with Gasteiger partial charge in [0.25, 0.3) is 5.91 Å². The minimum absolute atomic E-state index is 0.00176. The first-order chi connectivity index (χ1) is 15.2. The van der Waals surface area contributed by atoms with E-state index in [0.29, 0.717) is 11.4 Å². The Morgan fingerprint density at radius 1 is 1.19 bits per heavy atom. The number of hydrogen-bond acceptors (Lipinski definition) is 6. The molecule has 7 N–H and O–H groups in total. The topological polar surface area (TPSA) is 151 Å². The number of benzene rings is 1. The van der Waals surface area contributed by atoms with Gasteiger partial charge in [-0.05, 0) is 67.9 Å². The number of thiophene rings is 1. The average Bonchev–Trinajstić information content (AvgIpc) is 3.37. The third-order valence-electron chi connectivity index (χ3n) is 5.21. The molecule has 1 aromatic heterocycles. The molecule has 3 amide bonds. The smallest absolute Gasteiger partial charge is 0.323 e. The monoisotopic (exact) mass is 456 g/mol. The number of nitrogens with one attached hydrogen (secondary N) is 1. The summed E-state index contributed by atoms with van der Waals surface area (Å²) in [6.07, 6.45) is 8.12. The molecule has 0 radical (unpaired) electrons. The first-order valence-corrected chi connectivity index (χ1v) is 11.3. The van der Waals surface area contributed by atoms with Gasteiger partial charge in [0.2, 0.25) is 0 Å². The molecule has 170 valence electrons. The van der Waals surface area contributed by atoms with Crippen molar-refractivity contribution < 1.29 is 19.1 Å². The molecule has 0 aliphatic heterocycles. The molecule has 3 rings (SSSR count). The van der Waals surface area contributed by atoms with Crippen LogP contribution in [0.5, 0.6) is 0 Å². The predicted molar refractivity (Wildman–Crippen MR) is 126 cm³/mol. The molecule has 0 saturated heterocycles. The second-order valence-corrected chi connectivity index (χ2v) is 8.98. The molecule has 0 unspecified atom stereocenters. The quantitative estimate of drug-likeness (QED) is 0.448. The summed E-state index contributed by atoms with van der Waals surface area (Å²) in [7, 11) is 0. The van der Waals surface area contributed by atoms with Gasteiger partial charge in [0.05, 0.1) is 5.56 Å². The molecule has 8 nitrogen and oxygen atoms in total. The molecule has 1 aromatic carbocycles. The van der Waals surface area contributed by atoms with Crippen molar-refractivity contribution in [2.24, 2.45) is 17.2 Å². The third-order valence-corrected chi connectivity index (χ3v) is 6.31. The maximum absolute atomic E-state index is 12.1. The molecule has 9 heteroatoms. The Morgan fingerprint density at radius 3 is 2.56 bits per heavy atom. The minimum atomic E-state index is -0.767. The number of carbonyl (C=O) groups is 3. The first-order valence-electron chi connectivity index (χ1n) is 10.5. The average molecular weight is 457 g/mol. The standard InChI is InChI=1S/C23H28N4O4S/c1-13-9-14(5-4-8-18(24)22(29)31-16-6-2-3-7-16)11-15(10-13)19-12-17(20(25)28)21(32-19)27-23(26)30/h4-5,9-12,16,18H,2-3,6-8,24H2,1H3,(H2,25,28)(H3,26,27,30)/t18-/m0/s1. The lowest BCUT2D eigenvalue weighted by Gasteiger charge is -2.14. The van der Waals surface area contributed by atoms with E-state index in [4.69, 9.17) is 21.9 Å². The predicted octanol–water partition coefficient (Wildman–Crippen LogP) is 3.53. The fraction of sp³-hybridized carbons (Fsp3) is 0.348. The lowest BCUT2D eigenvalue weighted by molar-refractivity contribution is -0.150. The number of primary amides is 2. The van der Waals surface area contributed by atoms with Gasteiger partial charge in [0, 0.05) is 4.88 Å². The van der Waals surface area contributed by atoms with E-state index >= 15 is 0 Å². The van der Waals surface area contributed by atoms with Gasteiger partial charge in [-0.25, -0.2) is 4.79 Å². The van der Waals surface area contributed by atoms with Crippen molar-refractivity contribution in [2.75, 3.05) is 5.32 Å². The van der Waals surface area contributed by atoms with E-state index < -0.39 is 18.0 Å². The van der Waals surface area contributed by atoms with Crippen LogP contribution in [0.2, 0.25) is 0 Å². The zero-order valence-electron chi connectivity index (χ0n) is 17.9. The SMILES string of the molecule is Cc1cc(C=CC[C@H](N)C(=O)OC2CCCC2)cc(-c2cc(C(N)=O)c(NC(N)=O)s2)c1. The van der Waals surface area contributed by atoms with Crippen LogP contribution in [0.15, 0.2) is 30.3 Å². The minimum Gasteiger partial charge on any atom is -0.461 e. The number of nitrogens with two attached hydrogens (primary N) is 3. The van der Waals surface area contributed by atoms with E-state index in [0.717, 1.165) is 47.3 Å². The summed E-state index contributed by atoms with van der Waals surface area (Å²) in [6.45, 7) is 1.96. The summed E-state index contributed by atoms with van der Waals surface area (Å²) in [5.74, 6) is -1.01. The number of carbonyl (C=O) groups excluding carboxylic acids is 3. The molecule has 1 aliphatic carbocycles. The van der Waals surface area contributed by atoms with Crippen LogP contribution in [0.3, 0.4) is 0 Å². The van der Waals surface area contributed by atoms with Gasteiger partial charge in [0.15, 0.2) is 0 Å². The first kappa shape index (κ1) is 23.5. The van der Waals surface area contributed by atoms with Crippen LogP contribution in [-0.2, 0) is 9.53 Å². The van der Waals surface area contributed by atoms with Gasteiger partial charge in [-0.2, -0.15) is 0 Å². The van der Waals surface area contributed by atoms with Gasteiger partial charge in [-0.15, -0.1) is 11.3 Å². The molecule has 1 saturated carbocycles. The van der Waals surface area contributed by atoms with Crippen molar-refractivity contribution in [2.45, 2.75) is 51.2 Å². The summed E-state index contributed by atoms with van der Waals surface area (Å²) < 4.78 is 5.46. The van der Waals surface area contributed by atoms with Crippen molar-refractivity contribution in [1.29, 1.82) is 0 Å². The highest BCUT2D eigenvalue weighted by atomic mass is 32.1. The Hall–Kier alpha value is -3.17. The number of urea groups is 1. The van der Waals surface area contributed by atoms with Gasteiger partial charge in [-0.3, -0.25) is 14.9 Å². The van der Waals surface area contributed by atoms with Gasteiger partial charge in [0.1, 0.15) is 17.1 Å². The fourth-order valence-electron chi connectivity index (χ4n) is 3.68. The highest BCUT2D eigenvalue weighted by Gasteiger charge is 2.22. The summed E-state index contributed by atoms with van der Waals surface area (Å²) in [5, 5.41) is 2.75. The second kappa shape index (κ2) is 10.4. The largest absolute Gasteiger partial charge is 0.461 e. The Balaban J connectivity index is 1.72. The lowest BCUT2D eigenvalue weighted by atomic mass is 10.0. The van der Waals surface area contributed by atoms with Crippen LogP contribution in [0.25, 0.3) is 16.5 Å². The molecular formula is C23H28N4O4S. The number of amides is 3. The Kier molecular flexibility index (Phi) is 7.66. The molecule has 0 spiro atoms. The zero-order chi connectivity index (χ0) is 23.3. The molecular weight excluding hydrogens is 428 g/mol.